The fourth-order valence-corrected chi connectivity index (χ4v) is 7.84. The maximum Gasteiger partial charge on any atom is 1.00 e. The molecule has 0 bridgehead atoms. The Hall–Kier alpha value is -4.41. The number of aliphatic carboxylic acids is 1. The Morgan fingerprint density at radius 3 is 2.52 bits per heavy atom. The van der Waals surface area contributed by atoms with Gasteiger partial charge >= 0.3 is 29.6 Å². The number of nitrogens with zero attached hydrogens (tertiary/aromatic N) is 7. The molecule has 22 heteroatoms. The average molecular weight is 718 g/mol. The summed E-state index contributed by atoms with van der Waals surface area (Å²) in [6.07, 6.45) is 2.97. The van der Waals surface area contributed by atoms with Crippen LogP contribution in [0.25, 0.3) is 5.95 Å². The van der Waals surface area contributed by atoms with Crippen LogP contribution in [0, 0.1) is 0 Å². The number of aromatic amines is 1. The zero-order valence-electron chi connectivity index (χ0n) is 24.6. The Bertz CT molecular complexity index is 1990. The molecule has 3 aromatic heterocycles. The second-order valence-corrected chi connectivity index (χ2v) is 13.1. The fraction of sp³-hybridized carbons (Fsp3) is 0.192. The molecule has 6 rings (SSSR count). The molecule has 4 amide bonds. The first kappa shape index (κ1) is 34.9. The molecule has 240 valence electrons. The number of primary amides is 1. The molecule has 1 saturated heterocycles. The van der Waals surface area contributed by atoms with E-state index in [0.29, 0.717) is 15.5 Å². The van der Waals surface area contributed by atoms with Crippen molar-refractivity contribution in [3.05, 3.63) is 86.7 Å². The number of benzene rings is 1. The van der Waals surface area contributed by atoms with Crippen molar-refractivity contribution in [2.75, 3.05) is 11.5 Å². The minimum atomic E-state index is -1.57. The summed E-state index contributed by atoms with van der Waals surface area (Å²) in [5, 5.41) is 35.5. The molecule has 2 unspecified atom stereocenters. The molecule has 2 aliphatic heterocycles. The normalized spacial score (nSPS) is 17.4. The van der Waals surface area contributed by atoms with Gasteiger partial charge in [-0.2, -0.15) is 5.10 Å². The van der Waals surface area contributed by atoms with Gasteiger partial charge in [0, 0.05) is 23.9 Å². The molecule has 5 N–H and O–H groups in total. The van der Waals surface area contributed by atoms with Crippen molar-refractivity contribution < 1.29 is 58.6 Å². The van der Waals surface area contributed by atoms with Gasteiger partial charge in [0.25, 0.3) is 29.2 Å². The number of H-pyrrole nitrogens is 1. The minimum Gasteiger partial charge on any atom is -0.543 e. The Morgan fingerprint density at radius 1 is 1.10 bits per heavy atom. The third kappa shape index (κ3) is 7.05. The molecule has 1 aromatic carbocycles. The van der Waals surface area contributed by atoms with E-state index < -0.39 is 58.3 Å². The maximum atomic E-state index is 13.6. The van der Waals surface area contributed by atoms with E-state index in [4.69, 9.17) is 5.73 Å². The number of carboxylic acid groups (broad SMARTS) is 1. The summed E-state index contributed by atoms with van der Waals surface area (Å²) >= 11 is 3.30. The average Bonchev–Trinajstić information content (AvgIpc) is 3.78. The first-order valence-corrected chi connectivity index (χ1v) is 16.2. The monoisotopic (exact) mass is 717 g/mol. The van der Waals surface area contributed by atoms with Gasteiger partial charge in [0.05, 0.1) is 11.7 Å². The SMILES string of the molecule is NC(=O)c1nnc(SCC2=C(C(=O)[O-])N3C(=O)C(NC(=O)C(NC(=O)c4nnc(-n5cccn5)[nH]c4=O)c4ccccc4)[C@@H]3SC2)s1.[Na+]. The Morgan fingerprint density at radius 2 is 1.88 bits per heavy atom. The number of nitrogens with one attached hydrogen (secondary N) is 3. The van der Waals surface area contributed by atoms with E-state index in [0.717, 1.165) is 28.0 Å². The molecule has 0 aliphatic carbocycles. The number of rotatable bonds is 11. The van der Waals surface area contributed by atoms with Crippen LogP contribution in [0.15, 0.2) is 69.2 Å². The number of amides is 4. The van der Waals surface area contributed by atoms with E-state index in [-0.39, 0.29) is 57.7 Å². The van der Waals surface area contributed by atoms with Gasteiger partial charge in [-0.15, -0.1) is 32.2 Å². The van der Waals surface area contributed by atoms with Crippen molar-refractivity contribution in [2.45, 2.75) is 21.8 Å². The second-order valence-electron chi connectivity index (χ2n) is 9.76. The molecule has 48 heavy (non-hydrogen) atoms. The summed E-state index contributed by atoms with van der Waals surface area (Å²) in [5.74, 6) is -4.53. The standard InChI is InChI=1S/C26H21N11O7S3.Na/c27-17(38)21-33-35-26(47-21)46-10-12-9-45-23-15(22(42)37(23)16(12)24(43)44)30-18(39)13(11-5-2-1-3-6-11)29-19(40)14-20(41)31-25(34-32-14)36-8-4-7-28-36;/h1-8,13,15,23H,9-10H2,(H2,27,38)(H,29,40)(H,30,39)(H,43,44)(H,31,34,41);/q;+1/p-1/t13?,15?,23-;/m0./s1. The molecular weight excluding hydrogens is 698 g/mol. The number of nitrogens with two attached hydrogens (primary N) is 1. The molecule has 18 nitrogen and oxygen atoms in total. The predicted octanol–water partition coefficient (Wildman–Crippen LogP) is -5.03. The topological polar surface area (TPSA) is 264 Å². The van der Waals surface area contributed by atoms with E-state index in [1.807, 2.05) is 0 Å². The van der Waals surface area contributed by atoms with Crippen LogP contribution >= 0.6 is 34.9 Å². The van der Waals surface area contributed by atoms with Gasteiger partial charge in [-0.05, 0) is 17.2 Å². The van der Waals surface area contributed by atoms with E-state index in [1.165, 1.54) is 28.8 Å². The quantitative estimate of drug-likeness (QED) is 0.0643. The van der Waals surface area contributed by atoms with Crippen molar-refractivity contribution in [1.82, 2.24) is 50.7 Å². The molecule has 1 fully saturated rings. The number of hydrogen-bond donors (Lipinski definition) is 4. The number of β-lactam (4-membered cyclic amide) rings is 1. The molecule has 5 heterocycles. The first-order valence-electron chi connectivity index (χ1n) is 13.4. The maximum absolute atomic E-state index is 13.6. The fourth-order valence-electron chi connectivity index (χ4n) is 4.66. The molecule has 0 radical (unpaired) electrons. The zero-order valence-corrected chi connectivity index (χ0v) is 29.0. The summed E-state index contributed by atoms with van der Waals surface area (Å²) in [4.78, 5) is 79.6. The van der Waals surface area contributed by atoms with Gasteiger partial charge in [0.1, 0.15) is 17.5 Å². The van der Waals surface area contributed by atoms with Gasteiger partial charge < -0.3 is 26.3 Å². The molecule has 2 aliphatic rings. The molecular formula is C26H20N11NaO7S3. The van der Waals surface area contributed by atoms with Crippen LogP contribution in [0.5, 0.6) is 0 Å². The summed E-state index contributed by atoms with van der Waals surface area (Å²) in [6.45, 7) is 0. The van der Waals surface area contributed by atoms with Crippen LogP contribution in [0.1, 0.15) is 31.9 Å². The minimum absolute atomic E-state index is 0. The van der Waals surface area contributed by atoms with Gasteiger partial charge in [0.2, 0.25) is 16.6 Å². The van der Waals surface area contributed by atoms with E-state index in [9.17, 15) is 33.9 Å². The number of carbonyl (C=O) groups is 5. The van der Waals surface area contributed by atoms with Crippen LogP contribution in [0.3, 0.4) is 0 Å². The number of thioether (sulfide) groups is 2. The number of hydrogen-bond acceptors (Lipinski definition) is 15. The number of fused-ring (bicyclic) bond motifs is 1. The van der Waals surface area contributed by atoms with Crippen molar-refractivity contribution in [2.24, 2.45) is 5.73 Å². The predicted molar refractivity (Wildman–Crippen MR) is 163 cm³/mol. The van der Waals surface area contributed by atoms with Crippen LogP contribution in [0.2, 0.25) is 0 Å². The Labute approximate surface area is 303 Å². The summed E-state index contributed by atoms with van der Waals surface area (Å²) in [6, 6.07) is 7.19. The van der Waals surface area contributed by atoms with Crippen LogP contribution in [-0.2, 0) is 14.4 Å². The third-order valence-corrected chi connectivity index (χ3v) is 10.3. The number of aromatic nitrogens is 7. The Kier molecular flexibility index (Phi) is 10.8. The first-order chi connectivity index (χ1) is 22.6. The van der Waals surface area contributed by atoms with E-state index in [2.05, 4.69) is 41.1 Å². The van der Waals surface area contributed by atoms with Crippen molar-refractivity contribution in [3.63, 3.8) is 0 Å². The van der Waals surface area contributed by atoms with Crippen LogP contribution < -0.4 is 56.6 Å². The number of carboxylic acids is 1. The zero-order chi connectivity index (χ0) is 33.2. The number of carbonyl (C=O) groups excluding carboxylic acids is 5. The van der Waals surface area contributed by atoms with E-state index in [1.54, 1.807) is 36.4 Å². The van der Waals surface area contributed by atoms with Gasteiger partial charge in [-0.25, -0.2) is 4.68 Å². The third-order valence-electron chi connectivity index (χ3n) is 6.82. The van der Waals surface area contributed by atoms with Crippen molar-refractivity contribution >= 4 is 64.5 Å². The van der Waals surface area contributed by atoms with Gasteiger partial charge in [-0.3, -0.25) is 33.9 Å². The smallest absolute Gasteiger partial charge is 0.543 e. The summed E-state index contributed by atoms with van der Waals surface area (Å²) in [7, 11) is 0. The largest absolute Gasteiger partial charge is 1.00 e. The molecule has 0 spiro atoms. The summed E-state index contributed by atoms with van der Waals surface area (Å²) < 4.78 is 1.62. The van der Waals surface area contributed by atoms with Gasteiger partial charge in [-0.1, -0.05) is 53.4 Å². The molecule has 3 atom stereocenters. The van der Waals surface area contributed by atoms with Crippen LogP contribution in [0.4, 0.5) is 0 Å². The molecule has 0 saturated carbocycles. The second kappa shape index (κ2) is 14.8. The Balaban J connectivity index is 0.00000451. The van der Waals surface area contributed by atoms with Crippen molar-refractivity contribution in [3.8, 4) is 5.95 Å². The van der Waals surface area contributed by atoms with E-state index >= 15 is 0 Å². The summed E-state index contributed by atoms with van der Waals surface area (Å²) in [5.41, 5.74) is 4.10. The van der Waals surface area contributed by atoms with Crippen molar-refractivity contribution in [1.29, 1.82) is 0 Å². The molecule has 4 aromatic rings. The van der Waals surface area contributed by atoms with Crippen LogP contribution in [-0.4, -0.2) is 92.6 Å². The van der Waals surface area contributed by atoms with Gasteiger partial charge in [0.15, 0.2) is 4.34 Å².